The number of primary amides is 1. The second-order valence-corrected chi connectivity index (χ2v) is 10.1. The highest BCUT2D eigenvalue weighted by atomic mass is 16.5. The van der Waals surface area contributed by atoms with Gasteiger partial charge in [0.25, 0.3) is 0 Å². The first-order chi connectivity index (χ1) is 20.0. The third kappa shape index (κ3) is 6.18. The molecule has 41 heavy (non-hydrogen) atoms. The predicted octanol–water partition coefficient (Wildman–Crippen LogP) is 5.87. The van der Waals surface area contributed by atoms with Crippen molar-refractivity contribution < 1.29 is 19.1 Å². The van der Waals surface area contributed by atoms with E-state index in [0.717, 1.165) is 47.9 Å². The van der Waals surface area contributed by atoms with Crippen LogP contribution in [0.1, 0.15) is 47.2 Å². The van der Waals surface area contributed by atoms with Crippen LogP contribution in [0.25, 0.3) is 16.7 Å². The molecule has 3 aromatic rings. The number of hydrogen-bond donors (Lipinski definition) is 1. The molecule has 0 saturated carbocycles. The average molecular weight is 551 g/mol. The monoisotopic (exact) mass is 550 g/mol. The minimum atomic E-state index is -0.561. The SMILES string of the molecule is COc1cc(C(N)=O)cc(OC)c1-c1ccc(C2=CN(C(=O)N3CCCCC3Cc3ccccc3)N=C=CC2)cc1. The molecule has 3 amide bonds. The summed E-state index contributed by atoms with van der Waals surface area (Å²) in [5.74, 6) is 3.33. The molecule has 0 aliphatic carbocycles. The van der Waals surface area contributed by atoms with Crippen LogP contribution in [0.3, 0.4) is 0 Å². The molecule has 8 heteroatoms. The third-order valence-electron chi connectivity index (χ3n) is 7.57. The molecule has 0 bridgehead atoms. The molecule has 2 N–H and O–H groups in total. The van der Waals surface area contributed by atoms with Gasteiger partial charge in [0.2, 0.25) is 5.91 Å². The topological polar surface area (TPSA) is 97.5 Å². The van der Waals surface area contributed by atoms with Crippen molar-refractivity contribution in [3.63, 3.8) is 0 Å². The molecule has 0 radical (unpaired) electrons. The van der Waals surface area contributed by atoms with Crippen LogP contribution in [0.15, 0.2) is 84.1 Å². The molecule has 8 nitrogen and oxygen atoms in total. The van der Waals surface area contributed by atoms with Crippen LogP contribution in [-0.2, 0) is 6.42 Å². The molecule has 1 unspecified atom stereocenters. The van der Waals surface area contributed by atoms with Crippen LogP contribution in [0.4, 0.5) is 4.79 Å². The maximum Gasteiger partial charge on any atom is 0.345 e. The van der Waals surface area contributed by atoms with E-state index in [1.807, 2.05) is 59.6 Å². The van der Waals surface area contributed by atoms with E-state index in [-0.39, 0.29) is 12.1 Å². The van der Waals surface area contributed by atoms with Gasteiger partial charge in [-0.05, 0) is 66.2 Å². The van der Waals surface area contributed by atoms with Gasteiger partial charge in [0.15, 0.2) is 0 Å². The normalized spacial score (nSPS) is 16.6. The van der Waals surface area contributed by atoms with E-state index < -0.39 is 5.91 Å². The van der Waals surface area contributed by atoms with Gasteiger partial charge < -0.3 is 20.1 Å². The summed E-state index contributed by atoms with van der Waals surface area (Å²) in [5, 5.41) is 5.76. The van der Waals surface area contributed by atoms with E-state index >= 15 is 0 Å². The molecule has 2 heterocycles. The van der Waals surface area contributed by atoms with E-state index in [4.69, 9.17) is 15.2 Å². The molecule has 3 aromatic carbocycles. The van der Waals surface area contributed by atoms with Gasteiger partial charge in [-0.3, -0.25) is 4.79 Å². The minimum Gasteiger partial charge on any atom is -0.496 e. The minimum absolute atomic E-state index is 0.128. The molecule has 1 atom stereocenters. The fourth-order valence-electron chi connectivity index (χ4n) is 5.45. The van der Waals surface area contributed by atoms with Crippen LogP contribution in [0.5, 0.6) is 11.5 Å². The maximum absolute atomic E-state index is 13.7. The van der Waals surface area contributed by atoms with E-state index in [1.165, 1.54) is 10.6 Å². The zero-order valence-electron chi connectivity index (χ0n) is 23.4. The Morgan fingerprint density at radius 2 is 1.66 bits per heavy atom. The first-order valence-electron chi connectivity index (χ1n) is 13.8. The fraction of sp³-hybridized carbons (Fsp3) is 0.273. The van der Waals surface area contributed by atoms with Gasteiger partial charge in [-0.1, -0.05) is 54.6 Å². The summed E-state index contributed by atoms with van der Waals surface area (Å²) < 4.78 is 11.1. The van der Waals surface area contributed by atoms with Crippen LogP contribution in [-0.4, -0.2) is 54.5 Å². The molecule has 2 aliphatic heterocycles. The van der Waals surface area contributed by atoms with E-state index in [2.05, 4.69) is 23.1 Å². The van der Waals surface area contributed by atoms with Gasteiger partial charge in [0.05, 0.1) is 19.8 Å². The van der Waals surface area contributed by atoms with Crippen LogP contribution < -0.4 is 15.2 Å². The molecule has 210 valence electrons. The number of nitrogens with two attached hydrogens (primary N) is 1. The standard InChI is InChI=1S/C33H34N4O4/c1-40-29-20-27(32(34)38)21-30(41-2)31(29)25-15-13-24(14-16-25)26-11-8-17-35-37(22-26)33(39)36-18-7-6-12-28(36)19-23-9-4-3-5-10-23/h3-5,8-10,13-16,20-22,28H,6-7,11-12,18-19H2,1-2H3,(H2,34,38). The van der Waals surface area contributed by atoms with Gasteiger partial charge >= 0.3 is 6.03 Å². The number of methoxy groups -OCH3 is 2. The number of benzene rings is 3. The van der Waals surface area contributed by atoms with E-state index in [9.17, 15) is 9.59 Å². The fourth-order valence-corrected chi connectivity index (χ4v) is 5.45. The molecular formula is C33H34N4O4. The highest BCUT2D eigenvalue weighted by molar-refractivity contribution is 5.96. The quantitative estimate of drug-likeness (QED) is 0.398. The van der Waals surface area contributed by atoms with Crippen molar-refractivity contribution >= 4 is 23.4 Å². The molecular weight excluding hydrogens is 516 g/mol. The zero-order chi connectivity index (χ0) is 28.8. The summed E-state index contributed by atoms with van der Waals surface area (Å²) in [6, 6.07) is 21.4. The van der Waals surface area contributed by atoms with Crippen LogP contribution in [0, 0.1) is 0 Å². The van der Waals surface area contributed by atoms with Crippen molar-refractivity contribution in [2.45, 2.75) is 38.1 Å². The molecule has 0 aromatic heterocycles. The van der Waals surface area contributed by atoms with Gasteiger partial charge in [0.1, 0.15) is 11.5 Å². The number of piperidine rings is 1. The summed E-state index contributed by atoms with van der Waals surface area (Å²) >= 11 is 0. The van der Waals surface area contributed by atoms with Gasteiger partial charge in [-0.15, -0.1) is 5.10 Å². The number of ether oxygens (including phenoxy) is 2. The lowest BCUT2D eigenvalue weighted by molar-refractivity contribution is 0.0999. The second-order valence-electron chi connectivity index (χ2n) is 10.1. The Labute approximate surface area is 240 Å². The number of carbonyl (C=O) groups is 2. The number of likely N-dealkylation sites (tertiary alicyclic amines) is 1. The van der Waals surface area contributed by atoms with E-state index in [0.29, 0.717) is 30.0 Å². The van der Waals surface area contributed by atoms with Crippen molar-refractivity contribution in [1.29, 1.82) is 0 Å². The zero-order valence-corrected chi connectivity index (χ0v) is 23.4. The van der Waals surface area contributed by atoms with Crippen molar-refractivity contribution in [2.24, 2.45) is 10.8 Å². The number of hydrogen-bond acceptors (Lipinski definition) is 5. The Morgan fingerprint density at radius 1 is 0.976 bits per heavy atom. The lowest BCUT2D eigenvalue weighted by atomic mass is 9.96. The van der Waals surface area contributed by atoms with Crippen LogP contribution in [0.2, 0.25) is 0 Å². The number of hydrazone groups is 1. The molecule has 5 rings (SSSR count). The maximum atomic E-state index is 13.7. The number of amides is 3. The molecule has 0 spiro atoms. The van der Waals surface area contributed by atoms with Gasteiger partial charge in [-0.2, -0.15) is 5.01 Å². The Morgan fingerprint density at radius 3 is 2.32 bits per heavy atom. The van der Waals surface area contributed by atoms with Crippen molar-refractivity contribution in [3.8, 4) is 22.6 Å². The summed E-state index contributed by atoms with van der Waals surface area (Å²) in [6.45, 7) is 0.710. The Balaban J connectivity index is 1.40. The summed E-state index contributed by atoms with van der Waals surface area (Å²) in [5.41, 5.74) is 10.5. The summed E-state index contributed by atoms with van der Waals surface area (Å²) in [7, 11) is 3.08. The Kier molecular flexibility index (Phi) is 8.51. The highest BCUT2D eigenvalue weighted by Gasteiger charge is 2.30. The number of rotatable bonds is 7. The second kappa shape index (κ2) is 12.6. The van der Waals surface area contributed by atoms with Gasteiger partial charge in [0, 0.05) is 36.6 Å². The Hall–Kier alpha value is -4.81. The number of allylic oxidation sites excluding steroid dienone is 2. The average Bonchev–Trinajstić information content (AvgIpc) is 3.27. The number of urea groups is 1. The predicted molar refractivity (Wildman–Crippen MR) is 160 cm³/mol. The number of carbonyl (C=O) groups excluding carboxylic acids is 2. The first-order valence-corrected chi connectivity index (χ1v) is 13.8. The van der Waals surface area contributed by atoms with Crippen molar-refractivity contribution in [3.05, 3.63) is 95.7 Å². The molecule has 1 fully saturated rings. The molecule has 2 aliphatic rings. The Bertz CT molecular complexity index is 1480. The van der Waals surface area contributed by atoms with Crippen molar-refractivity contribution in [2.75, 3.05) is 20.8 Å². The lowest BCUT2D eigenvalue weighted by Gasteiger charge is -2.37. The highest BCUT2D eigenvalue weighted by Crippen LogP contribution is 2.40. The van der Waals surface area contributed by atoms with Gasteiger partial charge in [-0.25, -0.2) is 4.79 Å². The van der Waals surface area contributed by atoms with Crippen LogP contribution >= 0.6 is 0 Å². The first kappa shape index (κ1) is 27.7. The van der Waals surface area contributed by atoms with E-state index in [1.54, 1.807) is 26.4 Å². The summed E-state index contributed by atoms with van der Waals surface area (Å²) in [4.78, 5) is 27.5. The number of nitrogens with zero attached hydrogens (tertiary/aromatic N) is 3. The largest absolute Gasteiger partial charge is 0.496 e. The lowest BCUT2D eigenvalue weighted by Crippen LogP contribution is -2.48. The summed E-state index contributed by atoms with van der Waals surface area (Å²) in [6.07, 6.45) is 8.11. The molecule has 1 saturated heterocycles. The smallest absolute Gasteiger partial charge is 0.345 e. The third-order valence-corrected chi connectivity index (χ3v) is 7.57. The van der Waals surface area contributed by atoms with Crippen molar-refractivity contribution in [1.82, 2.24) is 9.91 Å².